The number of hydrogen-bond donors (Lipinski definition) is 1. The first-order chi connectivity index (χ1) is 7.16. The van der Waals surface area contributed by atoms with E-state index in [0.717, 1.165) is 17.2 Å². The van der Waals surface area contributed by atoms with Crippen LogP contribution in [0, 0.1) is 0 Å². The van der Waals surface area contributed by atoms with Gasteiger partial charge in [-0.25, -0.2) is 9.97 Å². The van der Waals surface area contributed by atoms with E-state index in [1.807, 2.05) is 13.2 Å². The van der Waals surface area contributed by atoms with Gasteiger partial charge >= 0.3 is 0 Å². The average molecular weight is 221 g/mol. The molecule has 0 aliphatic carbocycles. The molecule has 3 heteroatoms. The molecular formula is C13H23N3. The average Bonchev–Trinajstić information content (AvgIpc) is 2.14. The number of hydrogen-bond acceptors (Lipinski definition) is 3. The Morgan fingerprint density at radius 1 is 1.00 bits per heavy atom. The van der Waals surface area contributed by atoms with Gasteiger partial charge in [-0.05, 0) is 0 Å². The van der Waals surface area contributed by atoms with Crippen molar-refractivity contribution in [2.24, 2.45) is 0 Å². The molecule has 0 saturated carbocycles. The highest BCUT2D eigenvalue weighted by Crippen LogP contribution is 2.29. The highest BCUT2D eigenvalue weighted by molar-refractivity contribution is 5.48. The molecule has 0 atom stereocenters. The molecule has 0 saturated heterocycles. The van der Waals surface area contributed by atoms with E-state index < -0.39 is 0 Å². The van der Waals surface area contributed by atoms with Gasteiger partial charge in [0.1, 0.15) is 5.82 Å². The summed E-state index contributed by atoms with van der Waals surface area (Å²) in [5.41, 5.74) is 2.11. The van der Waals surface area contributed by atoms with Crippen LogP contribution < -0.4 is 5.32 Å². The van der Waals surface area contributed by atoms with Gasteiger partial charge in [0.25, 0.3) is 0 Å². The summed E-state index contributed by atoms with van der Waals surface area (Å²) in [6.07, 6.45) is 1.88. The van der Waals surface area contributed by atoms with Crippen molar-refractivity contribution in [1.29, 1.82) is 0 Å². The Kier molecular flexibility index (Phi) is 3.27. The Morgan fingerprint density at radius 3 is 1.94 bits per heavy atom. The molecule has 0 aliphatic heterocycles. The molecular weight excluding hydrogens is 198 g/mol. The van der Waals surface area contributed by atoms with E-state index in [1.165, 1.54) is 0 Å². The van der Waals surface area contributed by atoms with E-state index in [2.05, 4.69) is 51.8 Å². The zero-order valence-electron chi connectivity index (χ0n) is 11.5. The maximum atomic E-state index is 4.71. The van der Waals surface area contributed by atoms with Gasteiger partial charge in [0.05, 0.1) is 17.6 Å². The summed E-state index contributed by atoms with van der Waals surface area (Å²) in [5, 5.41) is 3.16. The van der Waals surface area contributed by atoms with E-state index >= 15 is 0 Å². The van der Waals surface area contributed by atoms with Crippen molar-refractivity contribution in [3.8, 4) is 0 Å². The lowest BCUT2D eigenvalue weighted by molar-refractivity contribution is 0.515. The number of aromatic nitrogens is 2. The van der Waals surface area contributed by atoms with Crippen LogP contribution in [-0.2, 0) is 10.8 Å². The van der Waals surface area contributed by atoms with Gasteiger partial charge in [0.15, 0.2) is 0 Å². The number of anilines is 1. The molecule has 90 valence electrons. The summed E-state index contributed by atoms with van der Waals surface area (Å²) < 4.78 is 0. The zero-order chi connectivity index (χ0) is 12.6. The Labute approximate surface area is 98.7 Å². The fourth-order valence-electron chi connectivity index (χ4n) is 1.50. The SMILES string of the molecule is CNc1cnc(C(C)(C)C)nc1C(C)(C)C. The van der Waals surface area contributed by atoms with E-state index in [-0.39, 0.29) is 10.8 Å². The second-order valence-corrected chi connectivity index (χ2v) is 6.21. The van der Waals surface area contributed by atoms with Gasteiger partial charge in [0, 0.05) is 17.9 Å². The van der Waals surface area contributed by atoms with Crippen molar-refractivity contribution in [3.05, 3.63) is 17.7 Å². The molecule has 1 aromatic heterocycles. The highest BCUT2D eigenvalue weighted by Gasteiger charge is 2.24. The minimum absolute atomic E-state index is 0.00767. The standard InChI is InChI=1S/C13H23N3/c1-12(2,3)10-9(14-7)8-15-11(16-10)13(4,5)6/h8,14H,1-7H3. The van der Waals surface area contributed by atoms with Crippen LogP contribution in [0.5, 0.6) is 0 Å². The van der Waals surface area contributed by atoms with E-state index in [0.29, 0.717) is 0 Å². The number of rotatable bonds is 1. The predicted molar refractivity (Wildman–Crippen MR) is 69.0 cm³/mol. The molecule has 0 bridgehead atoms. The van der Waals surface area contributed by atoms with Gasteiger partial charge in [-0.3, -0.25) is 0 Å². The molecule has 0 aliphatic rings. The molecule has 0 aromatic carbocycles. The summed E-state index contributed by atoms with van der Waals surface area (Å²) in [7, 11) is 1.91. The third kappa shape index (κ3) is 2.71. The van der Waals surface area contributed by atoms with Gasteiger partial charge in [-0.2, -0.15) is 0 Å². The lowest BCUT2D eigenvalue weighted by Gasteiger charge is -2.24. The summed E-state index contributed by atoms with van der Waals surface area (Å²) in [5.74, 6) is 0.899. The minimum atomic E-state index is -0.00767. The highest BCUT2D eigenvalue weighted by atomic mass is 15.0. The number of nitrogens with zero attached hydrogens (tertiary/aromatic N) is 2. The summed E-state index contributed by atoms with van der Waals surface area (Å²) in [6, 6.07) is 0. The fraction of sp³-hybridized carbons (Fsp3) is 0.692. The lowest BCUT2D eigenvalue weighted by Crippen LogP contribution is -2.22. The van der Waals surface area contributed by atoms with Crippen LogP contribution >= 0.6 is 0 Å². The number of nitrogens with one attached hydrogen (secondary N) is 1. The summed E-state index contributed by atoms with van der Waals surface area (Å²) in [4.78, 5) is 9.13. The van der Waals surface area contributed by atoms with E-state index in [4.69, 9.17) is 4.98 Å². The third-order valence-corrected chi connectivity index (χ3v) is 2.44. The maximum Gasteiger partial charge on any atom is 0.134 e. The quantitative estimate of drug-likeness (QED) is 0.791. The molecule has 0 fully saturated rings. The lowest BCUT2D eigenvalue weighted by atomic mass is 9.89. The van der Waals surface area contributed by atoms with Crippen LogP contribution in [0.3, 0.4) is 0 Å². The topological polar surface area (TPSA) is 37.8 Å². The van der Waals surface area contributed by atoms with Crippen molar-refractivity contribution in [2.75, 3.05) is 12.4 Å². The van der Waals surface area contributed by atoms with Crippen molar-refractivity contribution in [3.63, 3.8) is 0 Å². The van der Waals surface area contributed by atoms with Crippen molar-refractivity contribution in [2.45, 2.75) is 52.4 Å². The molecule has 1 rings (SSSR count). The molecule has 1 N–H and O–H groups in total. The predicted octanol–water partition coefficient (Wildman–Crippen LogP) is 3.11. The second kappa shape index (κ2) is 4.04. The van der Waals surface area contributed by atoms with Gasteiger partial charge in [-0.15, -0.1) is 0 Å². The summed E-state index contributed by atoms with van der Waals surface area (Å²) >= 11 is 0. The molecule has 0 radical (unpaired) electrons. The first-order valence-corrected chi connectivity index (χ1v) is 5.72. The van der Waals surface area contributed by atoms with Crippen LogP contribution in [0.15, 0.2) is 6.20 Å². The molecule has 1 aromatic rings. The van der Waals surface area contributed by atoms with Gasteiger partial charge in [0.2, 0.25) is 0 Å². The van der Waals surface area contributed by atoms with Crippen LogP contribution in [0.1, 0.15) is 53.1 Å². The fourth-order valence-corrected chi connectivity index (χ4v) is 1.50. The molecule has 0 unspecified atom stereocenters. The Hall–Kier alpha value is -1.12. The second-order valence-electron chi connectivity index (χ2n) is 6.21. The smallest absolute Gasteiger partial charge is 0.134 e. The first-order valence-electron chi connectivity index (χ1n) is 5.72. The van der Waals surface area contributed by atoms with Crippen LogP contribution in [0.2, 0.25) is 0 Å². The Morgan fingerprint density at radius 2 is 1.56 bits per heavy atom. The van der Waals surface area contributed by atoms with Crippen molar-refractivity contribution in [1.82, 2.24) is 9.97 Å². The molecule has 3 nitrogen and oxygen atoms in total. The van der Waals surface area contributed by atoms with Crippen LogP contribution in [0.4, 0.5) is 5.69 Å². The summed E-state index contributed by atoms with van der Waals surface area (Å²) in [6.45, 7) is 12.9. The third-order valence-electron chi connectivity index (χ3n) is 2.44. The zero-order valence-corrected chi connectivity index (χ0v) is 11.5. The Bertz CT molecular complexity index is 370. The van der Waals surface area contributed by atoms with Crippen molar-refractivity contribution < 1.29 is 0 Å². The van der Waals surface area contributed by atoms with Crippen molar-refractivity contribution >= 4 is 5.69 Å². The maximum absolute atomic E-state index is 4.71. The van der Waals surface area contributed by atoms with E-state index in [1.54, 1.807) is 0 Å². The first kappa shape index (κ1) is 12.9. The molecule has 16 heavy (non-hydrogen) atoms. The Balaban J connectivity index is 3.34. The monoisotopic (exact) mass is 221 g/mol. The minimum Gasteiger partial charge on any atom is -0.385 e. The molecule has 0 amide bonds. The normalized spacial score (nSPS) is 12.7. The van der Waals surface area contributed by atoms with E-state index in [9.17, 15) is 0 Å². The van der Waals surface area contributed by atoms with Crippen LogP contribution in [-0.4, -0.2) is 17.0 Å². The van der Waals surface area contributed by atoms with Gasteiger partial charge < -0.3 is 5.32 Å². The molecule has 1 heterocycles. The molecule has 0 spiro atoms. The van der Waals surface area contributed by atoms with Crippen LogP contribution in [0.25, 0.3) is 0 Å². The van der Waals surface area contributed by atoms with Gasteiger partial charge in [-0.1, -0.05) is 41.5 Å². The largest absolute Gasteiger partial charge is 0.385 e.